The SMILES string of the molecule is CN1C(=O)c2ccc(NC(=O)CCc3nc(CSc4nc5ccccc5o4)no3)cc2C1=O. The molecule has 0 radical (unpaired) electrons. The third-order valence-corrected chi connectivity index (χ3v) is 5.87. The minimum absolute atomic E-state index is 0.115. The van der Waals surface area contributed by atoms with Gasteiger partial charge in [0.05, 0.1) is 16.9 Å². The Morgan fingerprint density at radius 3 is 2.76 bits per heavy atom. The second kappa shape index (κ2) is 8.51. The van der Waals surface area contributed by atoms with Crippen molar-refractivity contribution in [2.75, 3.05) is 12.4 Å². The van der Waals surface area contributed by atoms with Gasteiger partial charge in [-0.05, 0) is 30.3 Å². The average molecular weight is 463 g/mol. The summed E-state index contributed by atoms with van der Waals surface area (Å²) in [7, 11) is 1.42. The fraction of sp³-hybridized carbons (Fsp3) is 0.182. The predicted molar refractivity (Wildman–Crippen MR) is 118 cm³/mol. The summed E-state index contributed by atoms with van der Waals surface area (Å²) >= 11 is 1.35. The van der Waals surface area contributed by atoms with Gasteiger partial charge >= 0.3 is 0 Å². The number of imide groups is 1. The van der Waals surface area contributed by atoms with Crippen LogP contribution in [0.1, 0.15) is 38.9 Å². The lowest BCUT2D eigenvalue weighted by molar-refractivity contribution is -0.116. The van der Waals surface area contributed by atoms with Gasteiger partial charge in [0.2, 0.25) is 11.8 Å². The smallest absolute Gasteiger partial charge is 0.261 e. The third kappa shape index (κ3) is 4.22. The van der Waals surface area contributed by atoms with Gasteiger partial charge in [-0.1, -0.05) is 29.1 Å². The zero-order valence-electron chi connectivity index (χ0n) is 17.4. The Morgan fingerprint density at radius 1 is 1.09 bits per heavy atom. The molecule has 3 heterocycles. The number of nitrogens with zero attached hydrogens (tertiary/aromatic N) is 4. The van der Waals surface area contributed by atoms with E-state index in [0.29, 0.717) is 39.5 Å². The number of aromatic nitrogens is 3. The van der Waals surface area contributed by atoms with Crippen LogP contribution in [0.4, 0.5) is 5.69 Å². The molecule has 4 aromatic rings. The maximum Gasteiger partial charge on any atom is 0.261 e. The summed E-state index contributed by atoms with van der Waals surface area (Å²) in [6, 6.07) is 12.1. The number of hydrogen-bond acceptors (Lipinski definition) is 9. The molecule has 166 valence electrons. The molecule has 0 bridgehead atoms. The molecule has 0 spiro atoms. The van der Waals surface area contributed by atoms with E-state index < -0.39 is 0 Å². The molecule has 0 fully saturated rings. The van der Waals surface area contributed by atoms with Crippen molar-refractivity contribution in [1.29, 1.82) is 0 Å². The molecule has 3 amide bonds. The van der Waals surface area contributed by atoms with Crippen LogP contribution in [0.5, 0.6) is 0 Å². The number of thioether (sulfide) groups is 1. The minimum atomic E-state index is -0.389. The number of fused-ring (bicyclic) bond motifs is 2. The van der Waals surface area contributed by atoms with Crippen LogP contribution in [0.2, 0.25) is 0 Å². The lowest BCUT2D eigenvalue weighted by atomic mass is 10.1. The van der Waals surface area contributed by atoms with Gasteiger partial charge in [-0.25, -0.2) is 4.98 Å². The van der Waals surface area contributed by atoms with Gasteiger partial charge in [-0.2, -0.15) is 4.98 Å². The van der Waals surface area contributed by atoms with Crippen LogP contribution in [0.25, 0.3) is 11.1 Å². The van der Waals surface area contributed by atoms with Crippen molar-refractivity contribution < 1.29 is 23.3 Å². The zero-order valence-corrected chi connectivity index (χ0v) is 18.2. The van der Waals surface area contributed by atoms with Gasteiger partial charge in [0.1, 0.15) is 5.52 Å². The highest BCUT2D eigenvalue weighted by Crippen LogP contribution is 2.26. The van der Waals surface area contributed by atoms with Crippen LogP contribution in [-0.2, 0) is 17.0 Å². The van der Waals surface area contributed by atoms with Crippen molar-refractivity contribution in [2.45, 2.75) is 23.8 Å². The number of anilines is 1. The monoisotopic (exact) mass is 463 g/mol. The molecule has 11 heteroatoms. The van der Waals surface area contributed by atoms with Crippen molar-refractivity contribution in [2.24, 2.45) is 0 Å². The highest BCUT2D eigenvalue weighted by Gasteiger charge is 2.32. The number of oxazole rings is 1. The number of carbonyl (C=O) groups excluding carboxylic acids is 3. The molecule has 0 atom stereocenters. The number of hydrogen-bond donors (Lipinski definition) is 1. The Labute approximate surface area is 191 Å². The van der Waals surface area contributed by atoms with Crippen LogP contribution in [0.15, 0.2) is 56.6 Å². The van der Waals surface area contributed by atoms with E-state index in [0.717, 1.165) is 10.4 Å². The third-order valence-electron chi connectivity index (χ3n) is 5.05. The molecule has 1 N–H and O–H groups in total. The predicted octanol–water partition coefficient (Wildman–Crippen LogP) is 3.30. The van der Waals surface area contributed by atoms with Crippen LogP contribution < -0.4 is 5.32 Å². The Balaban J connectivity index is 1.13. The highest BCUT2D eigenvalue weighted by molar-refractivity contribution is 7.98. The van der Waals surface area contributed by atoms with Gasteiger partial charge in [0.25, 0.3) is 17.0 Å². The molecule has 2 aromatic heterocycles. The lowest BCUT2D eigenvalue weighted by Gasteiger charge is -2.05. The van der Waals surface area contributed by atoms with E-state index in [1.165, 1.54) is 30.9 Å². The second-order valence-electron chi connectivity index (χ2n) is 7.32. The van der Waals surface area contributed by atoms with Gasteiger partial charge in [-0.3, -0.25) is 19.3 Å². The van der Waals surface area contributed by atoms with E-state index in [1.54, 1.807) is 6.07 Å². The standard InChI is InChI=1S/C22H17N5O5S/c1-27-20(29)13-7-6-12(10-14(13)21(27)30)23-18(28)8-9-19-25-17(26-32-19)11-33-22-24-15-4-2-3-5-16(15)31-22/h2-7,10H,8-9,11H2,1H3,(H,23,28). The molecule has 33 heavy (non-hydrogen) atoms. The van der Waals surface area contributed by atoms with E-state index in [9.17, 15) is 14.4 Å². The molecule has 0 aliphatic carbocycles. The fourth-order valence-corrected chi connectivity index (χ4v) is 4.05. The molecule has 0 saturated heterocycles. The maximum absolute atomic E-state index is 12.3. The van der Waals surface area contributed by atoms with Gasteiger partial charge < -0.3 is 14.3 Å². The number of benzene rings is 2. The second-order valence-corrected chi connectivity index (χ2v) is 8.24. The van der Waals surface area contributed by atoms with Gasteiger partial charge in [-0.15, -0.1) is 0 Å². The Hall–Kier alpha value is -3.99. The molecule has 2 aromatic carbocycles. The topological polar surface area (TPSA) is 131 Å². The molecule has 0 saturated carbocycles. The first-order valence-corrected chi connectivity index (χ1v) is 11.0. The number of amides is 3. The first kappa shape index (κ1) is 20.9. The van der Waals surface area contributed by atoms with E-state index >= 15 is 0 Å². The number of carbonyl (C=O) groups is 3. The number of nitrogens with one attached hydrogen (secondary N) is 1. The van der Waals surface area contributed by atoms with Crippen LogP contribution in [0.3, 0.4) is 0 Å². The van der Waals surface area contributed by atoms with Crippen molar-refractivity contribution in [3.05, 3.63) is 65.3 Å². The summed E-state index contributed by atoms with van der Waals surface area (Å²) in [4.78, 5) is 46.1. The summed E-state index contributed by atoms with van der Waals surface area (Å²) in [5.41, 5.74) is 2.54. The summed E-state index contributed by atoms with van der Waals surface area (Å²) in [5.74, 6) is 0.215. The van der Waals surface area contributed by atoms with Crippen molar-refractivity contribution in [3.63, 3.8) is 0 Å². The Morgan fingerprint density at radius 2 is 1.91 bits per heavy atom. The zero-order chi connectivity index (χ0) is 22.9. The fourth-order valence-electron chi connectivity index (χ4n) is 3.37. The van der Waals surface area contributed by atoms with E-state index in [2.05, 4.69) is 20.4 Å². The summed E-state index contributed by atoms with van der Waals surface area (Å²) < 4.78 is 10.9. The van der Waals surface area contributed by atoms with E-state index in [4.69, 9.17) is 8.94 Å². The minimum Gasteiger partial charge on any atom is -0.431 e. The Kier molecular flexibility index (Phi) is 5.38. The summed E-state index contributed by atoms with van der Waals surface area (Å²) in [5, 5.41) is 7.17. The van der Waals surface area contributed by atoms with Crippen molar-refractivity contribution >= 4 is 46.3 Å². The number of rotatable bonds is 7. The highest BCUT2D eigenvalue weighted by atomic mass is 32.2. The largest absolute Gasteiger partial charge is 0.431 e. The van der Waals surface area contributed by atoms with Gasteiger partial charge in [0, 0.05) is 25.6 Å². The molecule has 5 rings (SSSR count). The quantitative estimate of drug-likeness (QED) is 0.324. The molecule has 1 aliphatic rings. The van der Waals surface area contributed by atoms with E-state index in [1.807, 2.05) is 24.3 Å². The number of para-hydroxylation sites is 2. The molecule has 10 nitrogen and oxygen atoms in total. The van der Waals surface area contributed by atoms with Crippen molar-refractivity contribution in [1.82, 2.24) is 20.0 Å². The molecular weight excluding hydrogens is 446 g/mol. The average Bonchev–Trinajstić information content (AvgIpc) is 3.50. The first-order valence-electron chi connectivity index (χ1n) is 10.0. The molecule has 1 aliphatic heterocycles. The van der Waals surface area contributed by atoms with Crippen molar-refractivity contribution in [3.8, 4) is 0 Å². The molecular formula is C22H17N5O5S. The molecule has 0 unspecified atom stereocenters. The van der Waals surface area contributed by atoms with Crippen LogP contribution in [-0.4, -0.2) is 44.8 Å². The van der Waals surface area contributed by atoms with E-state index in [-0.39, 0.29) is 36.1 Å². The number of aryl methyl sites for hydroxylation is 1. The summed E-state index contributed by atoms with van der Waals surface area (Å²) in [6.07, 6.45) is 0.376. The van der Waals surface area contributed by atoms with Crippen LogP contribution >= 0.6 is 11.8 Å². The Bertz CT molecular complexity index is 1360. The summed E-state index contributed by atoms with van der Waals surface area (Å²) in [6.45, 7) is 0. The van der Waals surface area contributed by atoms with Crippen LogP contribution in [0, 0.1) is 0 Å². The maximum atomic E-state index is 12.3. The normalized spacial score (nSPS) is 13.1. The lowest BCUT2D eigenvalue weighted by Crippen LogP contribution is -2.24. The van der Waals surface area contributed by atoms with Gasteiger partial charge in [0.15, 0.2) is 11.4 Å². The first-order chi connectivity index (χ1) is 16.0.